The summed E-state index contributed by atoms with van der Waals surface area (Å²) in [6.45, 7) is 0.542. The lowest BCUT2D eigenvalue weighted by atomic mass is 10.2. The third-order valence-corrected chi connectivity index (χ3v) is 4.39. The summed E-state index contributed by atoms with van der Waals surface area (Å²) in [6.07, 6.45) is 5.18. The van der Waals surface area contributed by atoms with Crippen molar-refractivity contribution in [1.29, 1.82) is 0 Å². The standard InChI is InChI=1S/C14H14ClNO2S/c1-16-8-9-19(18)13(14(16)17)7-3-5-11-4-2-6-12(15)10-11/h2-7,10H,8-9H2,1H3/b5-3+,13-7+. The Kier molecular flexibility index (Phi) is 4.69. The number of hydrogen-bond donors (Lipinski definition) is 0. The van der Waals surface area contributed by atoms with Crippen LogP contribution in [0.25, 0.3) is 6.08 Å². The second-order valence-corrected chi connectivity index (χ2v) is 6.20. The Morgan fingerprint density at radius 1 is 1.47 bits per heavy atom. The topological polar surface area (TPSA) is 43.4 Å². The minimum atomic E-state index is -1.20. The van der Waals surface area contributed by atoms with Gasteiger partial charge in [-0.05, 0) is 34.9 Å². The van der Waals surface area contributed by atoms with E-state index in [1.54, 1.807) is 30.2 Å². The molecule has 0 N–H and O–H groups in total. The molecule has 0 aliphatic carbocycles. The molecule has 0 aromatic heterocycles. The average Bonchev–Trinajstić information content (AvgIpc) is 2.38. The number of rotatable bonds is 2. The normalized spacial score (nSPS) is 22.5. The lowest BCUT2D eigenvalue weighted by Crippen LogP contribution is -2.40. The van der Waals surface area contributed by atoms with E-state index < -0.39 is 11.2 Å². The van der Waals surface area contributed by atoms with Gasteiger partial charge in [0.15, 0.2) is 0 Å². The van der Waals surface area contributed by atoms with Crippen molar-refractivity contribution in [3.05, 3.63) is 51.9 Å². The number of halogens is 1. The number of carbonyl (C=O) groups excluding carboxylic acids is 1. The van der Waals surface area contributed by atoms with E-state index in [4.69, 9.17) is 11.6 Å². The molecule has 1 aromatic rings. The highest BCUT2D eigenvalue weighted by Crippen LogP contribution is 2.17. The molecule has 19 heavy (non-hydrogen) atoms. The molecule has 100 valence electrons. The van der Waals surface area contributed by atoms with E-state index in [0.29, 0.717) is 22.2 Å². The lowest BCUT2D eigenvalue weighted by molar-refractivity contribution is -0.125. The molecule has 0 radical (unpaired) electrons. The van der Waals surface area contributed by atoms with Crippen molar-refractivity contribution in [3.63, 3.8) is 0 Å². The van der Waals surface area contributed by atoms with Crippen molar-refractivity contribution in [2.45, 2.75) is 0 Å². The molecule has 1 saturated heterocycles. The van der Waals surface area contributed by atoms with Crippen molar-refractivity contribution in [1.82, 2.24) is 4.90 Å². The van der Waals surface area contributed by atoms with Crippen molar-refractivity contribution in [2.24, 2.45) is 0 Å². The molecule has 2 rings (SSSR count). The molecular weight excluding hydrogens is 282 g/mol. The zero-order valence-electron chi connectivity index (χ0n) is 10.5. The Balaban J connectivity index is 2.14. The predicted molar refractivity (Wildman–Crippen MR) is 79.2 cm³/mol. The molecule has 1 heterocycles. The lowest BCUT2D eigenvalue weighted by Gasteiger charge is -2.25. The van der Waals surface area contributed by atoms with E-state index in [0.717, 1.165) is 5.56 Å². The van der Waals surface area contributed by atoms with Crippen LogP contribution in [0.5, 0.6) is 0 Å². The van der Waals surface area contributed by atoms with Gasteiger partial charge in [0, 0.05) is 12.1 Å². The summed E-state index contributed by atoms with van der Waals surface area (Å²) in [7, 11) is 1.72. The second kappa shape index (κ2) is 6.28. The van der Waals surface area contributed by atoms with Crippen LogP contribution in [0.4, 0.5) is 0 Å². The van der Waals surface area contributed by atoms with Crippen LogP contribution in [0.3, 0.4) is 0 Å². The minimum absolute atomic E-state index is 0.166. The molecule has 1 amide bonds. The molecule has 3 nitrogen and oxygen atoms in total. The zero-order valence-corrected chi connectivity index (χ0v) is 12.1. The third kappa shape index (κ3) is 3.62. The van der Waals surface area contributed by atoms with Gasteiger partial charge < -0.3 is 9.45 Å². The molecule has 0 spiro atoms. The van der Waals surface area contributed by atoms with E-state index in [1.807, 2.05) is 24.3 Å². The molecule has 1 aliphatic heterocycles. The molecule has 1 aromatic carbocycles. The number of allylic oxidation sites excluding steroid dienone is 2. The predicted octanol–water partition coefficient (Wildman–Crippen LogP) is 2.46. The summed E-state index contributed by atoms with van der Waals surface area (Å²) in [5.41, 5.74) is 0.937. The van der Waals surface area contributed by atoms with Crippen LogP contribution in [0.2, 0.25) is 5.02 Å². The van der Waals surface area contributed by atoms with Gasteiger partial charge in [0.25, 0.3) is 0 Å². The van der Waals surface area contributed by atoms with Gasteiger partial charge in [0.2, 0.25) is 4.91 Å². The van der Waals surface area contributed by atoms with Gasteiger partial charge in [-0.2, -0.15) is 0 Å². The number of benzene rings is 1. The van der Waals surface area contributed by atoms with Crippen LogP contribution in [-0.4, -0.2) is 34.7 Å². The van der Waals surface area contributed by atoms with Gasteiger partial charge in [-0.1, -0.05) is 35.9 Å². The highest BCUT2D eigenvalue weighted by atomic mass is 35.5. The van der Waals surface area contributed by atoms with Crippen molar-refractivity contribution < 1.29 is 9.35 Å². The molecule has 0 bridgehead atoms. The quantitative estimate of drug-likeness (QED) is 0.621. The second-order valence-electron chi connectivity index (χ2n) is 4.22. The Morgan fingerprint density at radius 3 is 3.00 bits per heavy atom. The van der Waals surface area contributed by atoms with Crippen LogP contribution in [0.15, 0.2) is 41.3 Å². The molecule has 5 heteroatoms. The summed E-state index contributed by atoms with van der Waals surface area (Å²) < 4.78 is 11.8. The van der Waals surface area contributed by atoms with Crippen molar-refractivity contribution >= 4 is 34.8 Å². The minimum Gasteiger partial charge on any atom is -0.611 e. The smallest absolute Gasteiger partial charge is 0.301 e. The summed E-state index contributed by atoms with van der Waals surface area (Å²) >= 11 is 4.68. The first-order chi connectivity index (χ1) is 9.08. The van der Waals surface area contributed by atoms with Gasteiger partial charge in [-0.3, -0.25) is 4.79 Å². The first kappa shape index (κ1) is 14.2. The Labute approximate surface area is 120 Å². The van der Waals surface area contributed by atoms with Gasteiger partial charge in [0.05, 0.1) is 6.54 Å². The van der Waals surface area contributed by atoms with Crippen LogP contribution in [0, 0.1) is 0 Å². The average molecular weight is 296 g/mol. The van der Waals surface area contributed by atoms with E-state index in [-0.39, 0.29) is 5.91 Å². The van der Waals surface area contributed by atoms with Gasteiger partial charge in [-0.25, -0.2) is 0 Å². The molecule has 1 aliphatic rings. The maximum Gasteiger partial charge on any atom is 0.301 e. The maximum atomic E-state index is 11.8. The van der Waals surface area contributed by atoms with Gasteiger partial charge >= 0.3 is 5.91 Å². The van der Waals surface area contributed by atoms with E-state index in [2.05, 4.69) is 0 Å². The first-order valence-corrected chi connectivity index (χ1v) is 7.55. The summed E-state index contributed by atoms with van der Waals surface area (Å²) in [5.74, 6) is 0.333. The van der Waals surface area contributed by atoms with Crippen molar-refractivity contribution in [3.8, 4) is 0 Å². The zero-order chi connectivity index (χ0) is 13.8. The fourth-order valence-electron chi connectivity index (χ4n) is 1.72. The summed E-state index contributed by atoms with van der Waals surface area (Å²) in [4.78, 5) is 13.8. The SMILES string of the molecule is CN1CC[S+]([O-])/C(=C/C=C/c2cccc(Cl)c2)C1=O. The molecule has 0 saturated carbocycles. The molecule has 1 fully saturated rings. The van der Waals surface area contributed by atoms with Crippen LogP contribution < -0.4 is 0 Å². The third-order valence-electron chi connectivity index (χ3n) is 2.80. The molecule has 1 atom stereocenters. The maximum absolute atomic E-state index is 11.8. The van der Waals surface area contributed by atoms with Crippen LogP contribution in [-0.2, 0) is 16.0 Å². The number of hydrogen-bond acceptors (Lipinski definition) is 2. The largest absolute Gasteiger partial charge is 0.611 e. The number of carbonyl (C=O) groups is 1. The van der Waals surface area contributed by atoms with E-state index in [1.165, 1.54) is 0 Å². The molecular formula is C14H14ClNO2S. The highest BCUT2D eigenvalue weighted by Gasteiger charge is 2.31. The van der Waals surface area contributed by atoms with Crippen LogP contribution >= 0.6 is 11.6 Å². The van der Waals surface area contributed by atoms with Crippen LogP contribution in [0.1, 0.15) is 5.56 Å². The van der Waals surface area contributed by atoms with E-state index in [9.17, 15) is 9.35 Å². The summed E-state index contributed by atoms with van der Waals surface area (Å²) in [5, 5.41) is 0.659. The Bertz CT molecular complexity index is 542. The van der Waals surface area contributed by atoms with Gasteiger partial charge in [0.1, 0.15) is 5.75 Å². The van der Waals surface area contributed by atoms with E-state index >= 15 is 0 Å². The monoisotopic (exact) mass is 295 g/mol. The number of likely N-dealkylation sites (N-methyl/N-ethyl adjacent to an activating group) is 1. The fraction of sp³-hybridized carbons (Fsp3) is 0.214. The van der Waals surface area contributed by atoms with Gasteiger partial charge in [-0.15, -0.1) is 0 Å². The Hall–Kier alpha value is -1.23. The highest BCUT2D eigenvalue weighted by molar-refractivity contribution is 7.96. The number of amides is 1. The first-order valence-electron chi connectivity index (χ1n) is 5.86. The summed E-state index contributed by atoms with van der Waals surface area (Å²) in [6, 6.07) is 7.38. The fourth-order valence-corrected chi connectivity index (χ4v) is 3.16. The molecule has 1 unspecified atom stereocenters. The van der Waals surface area contributed by atoms with Crippen molar-refractivity contribution in [2.75, 3.05) is 19.3 Å². The Morgan fingerprint density at radius 2 is 2.26 bits per heavy atom. The number of nitrogens with zero attached hydrogens (tertiary/aromatic N) is 1.